The first kappa shape index (κ1) is 20.4. The number of aliphatic imine (C=N–C) groups is 1. The first-order valence-electron chi connectivity index (χ1n) is 10.0. The number of halogens is 1. The number of rotatable bonds is 4. The molecule has 0 saturated carbocycles. The Morgan fingerprint density at radius 3 is 2.67 bits per heavy atom. The van der Waals surface area contributed by atoms with Crippen molar-refractivity contribution in [2.45, 2.75) is 31.7 Å². The van der Waals surface area contributed by atoms with Crippen LogP contribution in [0.2, 0.25) is 0 Å². The average Bonchev–Trinajstić information content (AvgIpc) is 3.37. The van der Waals surface area contributed by atoms with Gasteiger partial charge in [0.1, 0.15) is 0 Å². The molecule has 1 atom stereocenters. The summed E-state index contributed by atoms with van der Waals surface area (Å²) < 4.78 is 0. The topological polar surface area (TPSA) is 30.9 Å². The van der Waals surface area contributed by atoms with E-state index in [0.29, 0.717) is 6.04 Å². The molecule has 146 valence electrons. The smallest absolute Gasteiger partial charge is 0.193 e. The van der Waals surface area contributed by atoms with Gasteiger partial charge in [0.15, 0.2) is 5.96 Å². The zero-order chi connectivity index (χ0) is 17.8. The van der Waals surface area contributed by atoms with Gasteiger partial charge < -0.3 is 10.2 Å². The van der Waals surface area contributed by atoms with Gasteiger partial charge in [-0.05, 0) is 55.1 Å². The molecule has 0 bridgehead atoms. The molecule has 1 N–H and O–H groups in total. The molecule has 0 aliphatic carbocycles. The number of likely N-dealkylation sites (tertiary alicyclic amines) is 2. The minimum atomic E-state index is 0. The minimum absolute atomic E-state index is 0. The summed E-state index contributed by atoms with van der Waals surface area (Å²) >= 11 is 0. The molecule has 2 fully saturated rings. The van der Waals surface area contributed by atoms with Crippen LogP contribution in [0.1, 0.15) is 24.8 Å². The second-order valence-electron chi connectivity index (χ2n) is 7.49. The second-order valence-corrected chi connectivity index (χ2v) is 7.49. The van der Waals surface area contributed by atoms with Gasteiger partial charge in [-0.3, -0.25) is 9.89 Å². The van der Waals surface area contributed by atoms with E-state index in [9.17, 15) is 0 Å². The van der Waals surface area contributed by atoms with Gasteiger partial charge in [0, 0.05) is 32.7 Å². The number of guanidine groups is 1. The molecule has 0 aromatic heterocycles. The van der Waals surface area contributed by atoms with E-state index in [1.807, 2.05) is 7.05 Å². The number of benzene rings is 2. The molecule has 2 aromatic rings. The van der Waals surface area contributed by atoms with Crippen LogP contribution in [0.5, 0.6) is 0 Å². The van der Waals surface area contributed by atoms with Crippen LogP contribution >= 0.6 is 24.0 Å². The lowest BCUT2D eigenvalue weighted by Crippen LogP contribution is -2.43. The van der Waals surface area contributed by atoms with Crippen LogP contribution < -0.4 is 5.32 Å². The summed E-state index contributed by atoms with van der Waals surface area (Å²) in [6, 6.07) is 16.0. The Labute approximate surface area is 180 Å². The van der Waals surface area contributed by atoms with Crippen molar-refractivity contribution in [1.29, 1.82) is 0 Å². The fourth-order valence-corrected chi connectivity index (χ4v) is 4.49. The number of nitrogens with one attached hydrogen (secondary N) is 1. The molecular weight excluding hydrogens is 447 g/mol. The summed E-state index contributed by atoms with van der Waals surface area (Å²) in [5.74, 6) is 1.06. The predicted octanol–water partition coefficient (Wildman–Crippen LogP) is 3.75. The summed E-state index contributed by atoms with van der Waals surface area (Å²) in [6.45, 7) is 5.73. The van der Waals surface area contributed by atoms with E-state index in [0.717, 1.165) is 32.0 Å². The third-order valence-corrected chi connectivity index (χ3v) is 5.89. The Morgan fingerprint density at radius 2 is 1.85 bits per heavy atom. The van der Waals surface area contributed by atoms with E-state index in [1.54, 1.807) is 0 Å². The van der Waals surface area contributed by atoms with Gasteiger partial charge in [-0.15, -0.1) is 24.0 Å². The van der Waals surface area contributed by atoms with Crippen LogP contribution in [0.25, 0.3) is 10.8 Å². The van der Waals surface area contributed by atoms with Crippen LogP contribution in [0.4, 0.5) is 0 Å². The van der Waals surface area contributed by atoms with Crippen LogP contribution in [0.15, 0.2) is 47.5 Å². The van der Waals surface area contributed by atoms with Crippen molar-refractivity contribution in [2.24, 2.45) is 4.99 Å². The van der Waals surface area contributed by atoms with Crippen molar-refractivity contribution in [3.8, 4) is 0 Å². The Kier molecular flexibility index (Phi) is 7.35. The lowest BCUT2D eigenvalue weighted by Gasteiger charge is -2.25. The SMILES string of the molecule is CN=C(NCCc1cccc2ccccc12)N1CCC(N2CCCC2)C1.I. The van der Waals surface area contributed by atoms with Gasteiger partial charge in [-0.2, -0.15) is 0 Å². The maximum absolute atomic E-state index is 4.54. The molecule has 5 heteroatoms. The highest BCUT2D eigenvalue weighted by Crippen LogP contribution is 2.21. The zero-order valence-corrected chi connectivity index (χ0v) is 18.6. The van der Waals surface area contributed by atoms with Crippen molar-refractivity contribution >= 4 is 40.7 Å². The third-order valence-electron chi connectivity index (χ3n) is 5.89. The first-order valence-corrected chi connectivity index (χ1v) is 10.0. The Balaban J connectivity index is 0.00000210. The summed E-state index contributed by atoms with van der Waals surface area (Å²) in [7, 11) is 1.91. The van der Waals surface area contributed by atoms with E-state index in [4.69, 9.17) is 0 Å². The Morgan fingerprint density at radius 1 is 1.07 bits per heavy atom. The van der Waals surface area contributed by atoms with E-state index >= 15 is 0 Å². The number of hydrogen-bond acceptors (Lipinski definition) is 2. The highest BCUT2D eigenvalue weighted by molar-refractivity contribution is 14.0. The maximum atomic E-state index is 4.54. The lowest BCUT2D eigenvalue weighted by molar-refractivity contribution is 0.249. The standard InChI is InChI=1S/C22H30N4.HI/c1-23-22(26-16-12-20(17-26)25-14-4-5-15-25)24-13-11-19-9-6-8-18-7-2-3-10-21(18)19;/h2-3,6-10,20H,4-5,11-17H2,1H3,(H,23,24);1H. The number of nitrogens with zero attached hydrogens (tertiary/aromatic N) is 3. The van der Waals surface area contributed by atoms with Crippen molar-refractivity contribution in [1.82, 2.24) is 15.1 Å². The monoisotopic (exact) mass is 478 g/mol. The quantitative estimate of drug-likeness (QED) is 0.413. The Bertz CT molecular complexity index is 765. The number of hydrogen-bond donors (Lipinski definition) is 1. The summed E-state index contributed by atoms with van der Waals surface area (Å²) in [5, 5.41) is 6.28. The Hall–Kier alpha value is -1.34. The fourth-order valence-electron chi connectivity index (χ4n) is 4.49. The highest BCUT2D eigenvalue weighted by Gasteiger charge is 2.30. The van der Waals surface area contributed by atoms with Gasteiger partial charge in [0.25, 0.3) is 0 Å². The molecule has 0 amide bonds. The van der Waals surface area contributed by atoms with E-state index < -0.39 is 0 Å². The molecule has 2 heterocycles. The average molecular weight is 478 g/mol. The maximum Gasteiger partial charge on any atom is 0.193 e. The van der Waals surface area contributed by atoms with Gasteiger partial charge in [0.2, 0.25) is 0 Å². The van der Waals surface area contributed by atoms with Crippen molar-refractivity contribution in [3.05, 3.63) is 48.0 Å². The molecule has 0 spiro atoms. The molecule has 2 aliphatic rings. The normalized spacial score (nSPS) is 20.9. The molecule has 27 heavy (non-hydrogen) atoms. The molecular formula is C22H31IN4. The summed E-state index contributed by atoms with van der Waals surface area (Å²) in [6.07, 6.45) is 5.02. The highest BCUT2D eigenvalue weighted by atomic mass is 127. The van der Waals surface area contributed by atoms with Crippen LogP contribution in [-0.2, 0) is 6.42 Å². The van der Waals surface area contributed by atoms with Gasteiger partial charge in [-0.25, -0.2) is 0 Å². The second kappa shape index (κ2) is 9.73. The first-order chi connectivity index (χ1) is 12.8. The summed E-state index contributed by atoms with van der Waals surface area (Å²) in [4.78, 5) is 9.64. The van der Waals surface area contributed by atoms with Gasteiger partial charge >= 0.3 is 0 Å². The molecule has 1 unspecified atom stereocenters. The lowest BCUT2D eigenvalue weighted by atomic mass is 10.0. The van der Waals surface area contributed by atoms with Crippen molar-refractivity contribution < 1.29 is 0 Å². The molecule has 0 radical (unpaired) electrons. The molecule has 2 saturated heterocycles. The third kappa shape index (κ3) is 4.74. The van der Waals surface area contributed by atoms with Crippen molar-refractivity contribution in [2.75, 3.05) is 39.8 Å². The largest absolute Gasteiger partial charge is 0.356 e. The molecule has 4 nitrogen and oxygen atoms in total. The molecule has 2 aliphatic heterocycles. The van der Waals surface area contributed by atoms with Crippen LogP contribution in [0, 0.1) is 0 Å². The van der Waals surface area contributed by atoms with Crippen LogP contribution in [0.3, 0.4) is 0 Å². The van der Waals surface area contributed by atoms with Crippen LogP contribution in [-0.4, -0.2) is 61.6 Å². The summed E-state index contributed by atoms with van der Waals surface area (Å²) in [5.41, 5.74) is 1.41. The molecule has 2 aromatic carbocycles. The van der Waals surface area contributed by atoms with Crippen molar-refractivity contribution in [3.63, 3.8) is 0 Å². The molecule has 4 rings (SSSR count). The van der Waals surface area contributed by atoms with Gasteiger partial charge in [0.05, 0.1) is 0 Å². The number of fused-ring (bicyclic) bond motifs is 1. The minimum Gasteiger partial charge on any atom is -0.356 e. The van der Waals surface area contributed by atoms with E-state index in [2.05, 4.69) is 62.6 Å². The zero-order valence-electron chi connectivity index (χ0n) is 16.2. The van der Waals surface area contributed by atoms with E-state index in [-0.39, 0.29) is 24.0 Å². The predicted molar refractivity (Wildman–Crippen MR) is 125 cm³/mol. The van der Waals surface area contributed by atoms with Gasteiger partial charge in [-0.1, -0.05) is 42.5 Å². The fraction of sp³-hybridized carbons (Fsp3) is 0.500. The van der Waals surface area contributed by atoms with E-state index in [1.165, 1.54) is 48.7 Å².